The summed E-state index contributed by atoms with van der Waals surface area (Å²) in [6.45, 7) is 13.9. The molecule has 2 aliphatic rings. The fraction of sp³-hybridized carbons (Fsp3) is 0.821. The number of carbonyl (C=O) groups excluding carboxylic acids is 1. The van der Waals surface area contributed by atoms with Crippen molar-refractivity contribution < 1.29 is 58.3 Å². The Kier molecular flexibility index (Phi) is 12.2. The van der Waals surface area contributed by atoms with Crippen molar-refractivity contribution in [3.63, 3.8) is 0 Å². The molecule has 3 heterocycles. The Balaban J connectivity index is 2.17. The topological polar surface area (TPSA) is 133 Å². The molecule has 11 nitrogen and oxygen atoms in total. The molecule has 1 aromatic heterocycles. The standard InChI is InChI=1S/C28H45F6N3O8Si2/c1-14(2)46(15(3)4)43-21(18(9)38)22-23(44-47(45-46,16(5)6)17(7)8)24(25(42-22)37-11-10-20(35)36-26(37)39)41-13-40-12-19(27(29,30)31)28(32,33)34/h10-11,14-17,19,21-25H,12-13H2,1-9H3,(H2,35,36,39)/t21?,22-,23-,24-,25-/m1/s1. The Labute approximate surface area is 271 Å². The number of rotatable bonds is 11. The first-order valence-corrected chi connectivity index (χ1v) is 19.3. The van der Waals surface area contributed by atoms with Gasteiger partial charge in [-0.15, -0.1) is 0 Å². The van der Waals surface area contributed by atoms with Gasteiger partial charge in [0.15, 0.2) is 17.9 Å². The Morgan fingerprint density at radius 2 is 1.45 bits per heavy atom. The van der Waals surface area contributed by atoms with Crippen LogP contribution < -0.4 is 11.4 Å². The van der Waals surface area contributed by atoms with E-state index in [0.29, 0.717) is 0 Å². The van der Waals surface area contributed by atoms with Gasteiger partial charge < -0.3 is 32.9 Å². The van der Waals surface area contributed by atoms with Crippen molar-refractivity contribution in [3.05, 3.63) is 22.7 Å². The lowest BCUT2D eigenvalue weighted by Gasteiger charge is -2.52. The second kappa shape index (κ2) is 14.5. The molecule has 0 bridgehead atoms. The highest BCUT2D eigenvalue weighted by Crippen LogP contribution is 2.50. The number of halogens is 6. The van der Waals surface area contributed by atoms with Gasteiger partial charge in [-0.25, -0.2) is 4.79 Å². The maximum atomic E-state index is 13.3. The molecule has 2 fully saturated rings. The molecule has 5 atom stereocenters. The van der Waals surface area contributed by atoms with Crippen LogP contribution in [0.5, 0.6) is 0 Å². The van der Waals surface area contributed by atoms with Gasteiger partial charge in [-0.05, 0) is 35.2 Å². The van der Waals surface area contributed by atoms with Crippen LogP contribution >= 0.6 is 0 Å². The smallest absolute Gasteiger partial charge is 0.402 e. The number of hydrogen-bond donors (Lipinski definition) is 1. The fourth-order valence-electron chi connectivity index (χ4n) is 6.17. The van der Waals surface area contributed by atoms with Gasteiger partial charge in [0, 0.05) is 6.20 Å². The molecule has 1 aromatic rings. The van der Waals surface area contributed by atoms with E-state index in [2.05, 4.69) is 4.98 Å². The molecule has 2 aliphatic heterocycles. The monoisotopic (exact) mass is 721 g/mol. The summed E-state index contributed by atoms with van der Waals surface area (Å²) in [6.07, 6.45) is -16.6. The number of ether oxygens (including phenoxy) is 3. The second-order valence-electron chi connectivity index (χ2n) is 13.2. The Morgan fingerprint density at radius 3 is 1.89 bits per heavy atom. The number of anilines is 1. The third kappa shape index (κ3) is 8.13. The maximum Gasteiger partial charge on any atom is 0.402 e. The zero-order valence-corrected chi connectivity index (χ0v) is 29.8. The molecule has 1 unspecified atom stereocenters. The van der Waals surface area contributed by atoms with Gasteiger partial charge in [0.2, 0.25) is 0 Å². The number of carbonyl (C=O) groups is 1. The highest BCUT2D eigenvalue weighted by Gasteiger charge is 2.65. The Bertz CT molecular complexity index is 1270. The number of nitrogens with zero attached hydrogens (tertiary/aromatic N) is 2. The van der Waals surface area contributed by atoms with Crippen molar-refractivity contribution >= 4 is 28.7 Å². The normalized spacial score (nSPS) is 26.7. The zero-order chi connectivity index (χ0) is 35.9. The van der Waals surface area contributed by atoms with Crippen LogP contribution in [-0.4, -0.2) is 82.6 Å². The van der Waals surface area contributed by atoms with Gasteiger partial charge in [-0.2, -0.15) is 31.3 Å². The minimum atomic E-state index is -5.62. The van der Waals surface area contributed by atoms with E-state index in [-0.39, 0.29) is 28.0 Å². The number of nitrogens with two attached hydrogens (primary N) is 1. The molecule has 47 heavy (non-hydrogen) atoms. The van der Waals surface area contributed by atoms with Crippen LogP contribution in [0.3, 0.4) is 0 Å². The predicted molar refractivity (Wildman–Crippen MR) is 162 cm³/mol. The first kappa shape index (κ1) is 39.6. The molecule has 0 aromatic carbocycles. The number of alkyl halides is 6. The first-order chi connectivity index (χ1) is 21.5. The van der Waals surface area contributed by atoms with Crippen molar-refractivity contribution in [3.8, 4) is 0 Å². The number of Topliss-reactive ketones (excluding diaryl/α,β-unsaturated/α-hetero) is 1. The van der Waals surface area contributed by atoms with E-state index in [0.717, 1.165) is 4.57 Å². The van der Waals surface area contributed by atoms with Crippen molar-refractivity contribution in [2.45, 2.75) is 127 Å². The van der Waals surface area contributed by atoms with Crippen LogP contribution in [0.2, 0.25) is 22.2 Å². The fourth-order valence-corrected chi connectivity index (χ4v) is 17.5. The van der Waals surface area contributed by atoms with Crippen LogP contribution in [0.15, 0.2) is 17.1 Å². The number of fused-ring (bicyclic) bond motifs is 1. The van der Waals surface area contributed by atoms with Crippen molar-refractivity contribution in [2.24, 2.45) is 5.92 Å². The van der Waals surface area contributed by atoms with Gasteiger partial charge in [0.25, 0.3) is 0 Å². The molecular weight excluding hydrogens is 676 g/mol. The Morgan fingerprint density at radius 1 is 0.936 bits per heavy atom. The van der Waals surface area contributed by atoms with E-state index in [4.69, 9.17) is 32.9 Å². The quantitative estimate of drug-likeness (QED) is 0.131. The third-order valence-corrected chi connectivity index (χ3v) is 18.9. The summed E-state index contributed by atoms with van der Waals surface area (Å²) in [5.41, 5.74) is 4.01. The van der Waals surface area contributed by atoms with E-state index in [1.165, 1.54) is 19.2 Å². The molecule has 2 N–H and O–H groups in total. The summed E-state index contributed by atoms with van der Waals surface area (Å²) >= 11 is 0. The van der Waals surface area contributed by atoms with Crippen LogP contribution in [-0.2, 0) is 32.0 Å². The Hall–Kier alpha value is -1.88. The largest absolute Gasteiger partial charge is 0.414 e. The summed E-state index contributed by atoms with van der Waals surface area (Å²) in [7, 11) is -6.77. The second-order valence-corrected chi connectivity index (χ2v) is 22.0. The van der Waals surface area contributed by atoms with Crippen molar-refractivity contribution in [1.82, 2.24) is 9.55 Å². The number of hydrogen-bond acceptors (Lipinski definition) is 10. The molecule has 0 radical (unpaired) electrons. The summed E-state index contributed by atoms with van der Waals surface area (Å²) < 4.78 is 118. The lowest BCUT2D eigenvalue weighted by atomic mass is 10.0. The van der Waals surface area contributed by atoms with Crippen LogP contribution in [0.1, 0.15) is 68.5 Å². The summed E-state index contributed by atoms with van der Waals surface area (Å²) in [5, 5.41) is 0. The number of aromatic nitrogens is 2. The van der Waals surface area contributed by atoms with E-state index in [1.54, 1.807) is 0 Å². The maximum absolute atomic E-state index is 13.3. The van der Waals surface area contributed by atoms with Gasteiger partial charge in [0.1, 0.15) is 37.0 Å². The molecule has 270 valence electrons. The lowest BCUT2D eigenvalue weighted by molar-refractivity contribution is -0.299. The van der Waals surface area contributed by atoms with Crippen molar-refractivity contribution in [2.75, 3.05) is 19.1 Å². The minimum absolute atomic E-state index is 0.119. The van der Waals surface area contributed by atoms with Gasteiger partial charge in [-0.3, -0.25) is 9.36 Å². The lowest BCUT2D eigenvalue weighted by Crippen LogP contribution is -2.68. The number of nitrogen functional groups attached to an aromatic ring is 1. The summed E-state index contributed by atoms with van der Waals surface area (Å²) in [5.74, 6) is -4.34. The highest BCUT2D eigenvalue weighted by molar-refractivity contribution is 6.84. The predicted octanol–water partition coefficient (Wildman–Crippen LogP) is 5.74. The zero-order valence-electron chi connectivity index (χ0n) is 27.8. The first-order valence-electron chi connectivity index (χ1n) is 15.4. The molecule has 0 amide bonds. The molecule has 3 rings (SSSR count). The average Bonchev–Trinajstić information content (AvgIpc) is 3.22. The van der Waals surface area contributed by atoms with E-state index < -0.39 is 90.9 Å². The molecule has 2 saturated heterocycles. The van der Waals surface area contributed by atoms with Gasteiger partial charge >= 0.3 is 35.2 Å². The molecule has 0 aliphatic carbocycles. The van der Waals surface area contributed by atoms with Crippen molar-refractivity contribution in [1.29, 1.82) is 0 Å². The van der Waals surface area contributed by atoms with E-state index in [9.17, 15) is 35.9 Å². The summed E-state index contributed by atoms with van der Waals surface area (Å²) in [4.78, 5) is 30.0. The highest BCUT2D eigenvalue weighted by atomic mass is 28.5. The van der Waals surface area contributed by atoms with E-state index in [1.807, 2.05) is 55.4 Å². The average molecular weight is 722 g/mol. The minimum Gasteiger partial charge on any atom is -0.414 e. The third-order valence-electron chi connectivity index (χ3n) is 8.64. The van der Waals surface area contributed by atoms with Crippen LogP contribution in [0.4, 0.5) is 32.2 Å². The SMILES string of the molecule is CC(=O)C1O[Si](C(C)C)(C(C)C)O[Si](C(C)C)(C(C)C)O[C@H]2[C@@H](OCOCC(C(F)(F)F)C(F)(F)F)[C@H](n3ccc(N)nc3=O)O[C@H]12. The van der Waals surface area contributed by atoms with Gasteiger partial charge in [-0.1, -0.05) is 55.4 Å². The number of ketones is 1. The van der Waals surface area contributed by atoms with Crippen LogP contribution in [0.25, 0.3) is 0 Å². The molecule has 19 heteroatoms. The van der Waals surface area contributed by atoms with Gasteiger partial charge in [0.05, 0.1) is 6.61 Å². The van der Waals surface area contributed by atoms with E-state index >= 15 is 0 Å². The molecular formula is C28H45F6N3O8Si2. The molecule has 0 spiro atoms. The molecule has 0 saturated carbocycles. The van der Waals surface area contributed by atoms with Crippen LogP contribution in [0, 0.1) is 5.92 Å². The summed E-state index contributed by atoms with van der Waals surface area (Å²) in [6, 6.07) is 1.29.